The summed E-state index contributed by atoms with van der Waals surface area (Å²) in [5.41, 5.74) is 5.72. The normalized spacial score (nSPS) is 11.4. The standard InChI is InChI=1S/C14H21N3O2S/c1-4-10-7-11-12(16-14(15)17-13(11)20-10)19-6-5-18-8-9(2)3/h7,9H,4-6,8H2,1-3H3,(H2,15,16,17). The second kappa shape index (κ2) is 6.85. The van der Waals surface area contributed by atoms with Gasteiger partial charge in [-0.2, -0.15) is 4.98 Å². The van der Waals surface area contributed by atoms with Gasteiger partial charge >= 0.3 is 0 Å². The second-order valence-electron chi connectivity index (χ2n) is 4.99. The number of nitrogens with two attached hydrogens (primary N) is 1. The lowest BCUT2D eigenvalue weighted by atomic mass is 10.2. The molecule has 0 saturated carbocycles. The fraction of sp³-hybridized carbons (Fsp3) is 0.571. The monoisotopic (exact) mass is 295 g/mol. The van der Waals surface area contributed by atoms with Crippen LogP contribution < -0.4 is 10.5 Å². The molecule has 0 aliphatic carbocycles. The Morgan fingerprint density at radius 2 is 2.10 bits per heavy atom. The zero-order valence-electron chi connectivity index (χ0n) is 12.2. The van der Waals surface area contributed by atoms with Gasteiger partial charge in [0.15, 0.2) is 0 Å². The molecule has 2 N–H and O–H groups in total. The molecule has 0 radical (unpaired) electrons. The van der Waals surface area contributed by atoms with E-state index in [-0.39, 0.29) is 5.95 Å². The Morgan fingerprint density at radius 3 is 2.80 bits per heavy atom. The maximum Gasteiger partial charge on any atom is 0.227 e. The predicted molar refractivity (Wildman–Crippen MR) is 82.4 cm³/mol. The molecular formula is C14H21N3O2S. The first-order valence-electron chi connectivity index (χ1n) is 6.86. The molecule has 0 unspecified atom stereocenters. The van der Waals surface area contributed by atoms with Crippen LogP contribution in [0.25, 0.3) is 10.2 Å². The van der Waals surface area contributed by atoms with E-state index in [0.29, 0.717) is 25.0 Å². The van der Waals surface area contributed by atoms with Crippen molar-refractivity contribution in [3.63, 3.8) is 0 Å². The fourth-order valence-electron chi connectivity index (χ4n) is 1.76. The minimum atomic E-state index is 0.250. The number of anilines is 1. The van der Waals surface area contributed by atoms with Gasteiger partial charge in [-0.3, -0.25) is 0 Å². The van der Waals surface area contributed by atoms with Gasteiger partial charge in [0.2, 0.25) is 11.8 Å². The van der Waals surface area contributed by atoms with Gasteiger partial charge in [0, 0.05) is 11.5 Å². The minimum Gasteiger partial charge on any atom is -0.475 e. The van der Waals surface area contributed by atoms with E-state index in [4.69, 9.17) is 15.2 Å². The van der Waals surface area contributed by atoms with Crippen LogP contribution in [0.4, 0.5) is 5.95 Å². The van der Waals surface area contributed by atoms with Crippen LogP contribution in [0, 0.1) is 5.92 Å². The summed E-state index contributed by atoms with van der Waals surface area (Å²) in [5, 5.41) is 0.935. The number of rotatable bonds is 7. The number of thiophene rings is 1. The van der Waals surface area contributed by atoms with Gasteiger partial charge < -0.3 is 15.2 Å². The maximum atomic E-state index is 5.72. The highest BCUT2D eigenvalue weighted by Crippen LogP contribution is 2.31. The first-order chi connectivity index (χ1) is 9.60. The molecule has 2 aromatic heterocycles. The molecule has 0 saturated heterocycles. The van der Waals surface area contributed by atoms with Crippen molar-refractivity contribution in [2.75, 3.05) is 25.6 Å². The zero-order valence-corrected chi connectivity index (χ0v) is 13.0. The van der Waals surface area contributed by atoms with Crippen LogP contribution in [0.15, 0.2) is 6.07 Å². The molecule has 0 fully saturated rings. The van der Waals surface area contributed by atoms with Crippen LogP contribution in [0.2, 0.25) is 0 Å². The van der Waals surface area contributed by atoms with Gasteiger partial charge in [-0.05, 0) is 18.4 Å². The number of hydrogen-bond acceptors (Lipinski definition) is 6. The summed E-state index contributed by atoms with van der Waals surface area (Å²) < 4.78 is 11.2. The predicted octanol–water partition coefficient (Wildman–Crippen LogP) is 2.89. The molecule has 2 heterocycles. The van der Waals surface area contributed by atoms with Gasteiger partial charge in [0.1, 0.15) is 11.4 Å². The van der Waals surface area contributed by atoms with Crippen molar-refractivity contribution in [2.45, 2.75) is 27.2 Å². The third-order valence-electron chi connectivity index (χ3n) is 2.69. The van der Waals surface area contributed by atoms with E-state index >= 15 is 0 Å². The highest BCUT2D eigenvalue weighted by atomic mass is 32.1. The largest absolute Gasteiger partial charge is 0.475 e. The van der Waals surface area contributed by atoms with Gasteiger partial charge in [0.25, 0.3) is 0 Å². The molecule has 0 bridgehead atoms. The molecule has 2 aromatic rings. The van der Waals surface area contributed by atoms with Crippen LogP contribution in [0.5, 0.6) is 5.88 Å². The lowest BCUT2D eigenvalue weighted by molar-refractivity contribution is 0.0811. The van der Waals surface area contributed by atoms with Crippen molar-refractivity contribution in [1.29, 1.82) is 0 Å². The molecule has 0 aliphatic heterocycles. The number of ether oxygens (including phenoxy) is 2. The average molecular weight is 295 g/mol. The van der Waals surface area contributed by atoms with Crippen LogP contribution in [0.1, 0.15) is 25.6 Å². The van der Waals surface area contributed by atoms with Gasteiger partial charge in [-0.25, -0.2) is 4.98 Å². The van der Waals surface area contributed by atoms with E-state index in [0.717, 1.165) is 23.2 Å². The molecule has 20 heavy (non-hydrogen) atoms. The van der Waals surface area contributed by atoms with Crippen LogP contribution >= 0.6 is 11.3 Å². The van der Waals surface area contributed by atoms with E-state index in [2.05, 4.69) is 36.8 Å². The van der Waals surface area contributed by atoms with Gasteiger partial charge in [-0.15, -0.1) is 11.3 Å². The summed E-state index contributed by atoms with van der Waals surface area (Å²) in [6.07, 6.45) is 0.970. The van der Waals surface area contributed by atoms with Crippen LogP contribution in [-0.4, -0.2) is 29.8 Å². The van der Waals surface area contributed by atoms with E-state index in [9.17, 15) is 0 Å². The summed E-state index contributed by atoms with van der Waals surface area (Å²) in [4.78, 5) is 10.6. The lowest BCUT2D eigenvalue weighted by Gasteiger charge is -2.09. The summed E-state index contributed by atoms with van der Waals surface area (Å²) >= 11 is 1.63. The van der Waals surface area contributed by atoms with Crippen molar-refractivity contribution in [3.8, 4) is 5.88 Å². The minimum absolute atomic E-state index is 0.250. The third kappa shape index (κ3) is 3.80. The molecule has 5 nitrogen and oxygen atoms in total. The Labute approximate surface area is 123 Å². The molecule has 0 amide bonds. The topological polar surface area (TPSA) is 70.3 Å². The Bertz CT molecular complexity index is 569. The quantitative estimate of drug-likeness (QED) is 0.795. The molecule has 0 spiro atoms. The number of aromatic nitrogens is 2. The Kier molecular flexibility index (Phi) is 5.14. The second-order valence-corrected chi connectivity index (χ2v) is 6.10. The summed E-state index contributed by atoms with van der Waals surface area (Å²) in [6, 6.07) is 2.07. The molecule has 6 heteroatoms. The van der Waals surface area contributed by atoms with Crippen LogP contribution in [-0.2, 0) is 11.2 Å². The first kappa shape index (κ1) is 15.0. The first-order valence-corrected chi connectivity index (χ1v) is 7.68. The van der Waals surface area contributed by atoms with Gasteiger partial charge in [0.05, 0.1) is 12.0 Å². The summed E-state index contributed by atoms with van der Waals surface area (Å²) in [7, 11) is 0. The molecule has 2 rings (SSSR count). The van der Waals surface area contributed by atoms with E-state index in [1.807, 2.05) is 0 Å². The SMILES string of the molecule is CCc1cc2c(OCCOCC(C)C)nc(N)nc2s1. The number of hydrogen-bond donors (Lipinski definition) is 1. The molecule has 0 atom stereocenters. The molecule has 110 valence electrons. The van der Waals surface area contributed by atoms with Crippen molar-refractivity contribution in [2.24, 2.45) is 5.92 Å². The average Bonchev–Trinajstić information content (AvgIpc) is 2.80. The Hall–Kier alpha value is -1.40. The maximum absolute atomic E-state index is 5.72. The fourth-order valence-corrected chi connectivity index (χ4v) is 2.73. The Morgan fingerprint density at radius 1 is 1.30 bits per heavy atom. The molecule has 0 aromatic carbocycles. The van der Waals surface area contributed by atoms with E-state index in [1.165, 1.54) is 4.88 Å². The van der Waals surface area contributed by atoms with Crippen molar-refractivity contribution >= 4 is 27.5 Å². The summed E-state index contributed by atoms with van der Waals surface area (Å²) in [6.45, 7) is 8.11. The van der Waals surface area contributed by atoms with Crippen molar-refractivity contribution < 1.29 is 9.47 Å². The third-order valence-corrected chi connectivity index (χ3v) is 3.87. The zero-order chi connectivity index (χ0) is 14.5. The van der Waals surface area contributed by atoms with Gasteiger partial charge in [-0.1, -0.05) is 20.8 Å². The lowest BCUT2D eigenvalue weighted by Crippen LogP contribution is -2.11. The molecule has 0 aliphatic rings. The smallest absolute Gasteiger partial charge is 0.227 e. The number of nitrogens with zero attached hydrogens (tertiary/aromatic N) is 2. The number of nitrogen functional groups attached to an aromatic ring is 1. The summed E-state index contributed by atoms with van der Waals surface area (Å²) in [5.74, 6) is 1.33. The highest BCUT2D eigenvalue weighted by Gasteiger charge is 2.11. The number of fused-ring (bicyclic) bond motifs is 1. The van der Waals surface area contributed by atoms with E-state index in [1.54, 1.807) is 11.3 Å². The Balaban J connectivity index is 2.03. The van der Waals surface area contributed by atoms with Crippen molar-refractivity contribution in [3.05, 3.63) is 10.9 Å². The highest BCUT2D eigenvalue weighted by molar-refractivity contribution is 7.18. The van der Waals surface area contributed by atoms with Crippen LogP contribution in [0.3, 0.4) is 0 Å². The van der Waals surface area contributed by atoms with E-state index < -0.39 is 0 Å². The number of aryl methyl sites for hydroxylation is 1. The molecular weight excluding hydrogens is 274 g/mol. The van der Waals surface area contributed by atoms with Crippen molar-refractivity contribution in [1.82, 2.24) is 9.97 Å².